The molecule has 1 aliphatic rings. The molecule has 0 aliphatic carbocycles. The third-order valence-electron chi connectivity index (χ3n) is 3.47. The van der Waals surface area contributed by atoms with Crippen LogP contribution in [0.4, 0.5) is 5.69 Å². The van der Waals surface area contributed by atoms with Crippen LogP contribution < -0.4 is 5.73 Å². The summed E-state index contributed by atoms with van der Waals surface area (Å²) in [6.45, 7) is 3.34. The average molecular weight is 276 g/mol. The van der Waals surface area contributed by atoms with Crippen LogP contribution in [0.5, 0.6) is 0 Å². The van der Waals surface area contributed by atoms with E-state index in [-0.39, 0.29) is 5.91 Å². The second-order valence-electron chi connectivity index (χ2n) is 4.79. The molecule has 2 N–H and O–H groups in total. The van der Waals surface area contributed by atoms with Gasteiger partial charge in [0, 0.05) is 32.4 Å². The van der Waals surface area contributed by atoms with Crippen molar-refractivity contribution >= 4 is 33.1 Å². The van der Waals surface area contributed by atoms with Gasteiger partial charge in [-0.1, -0.05) is 0 Å². The molecular weight excluding hydrogens is 260 g/mol. The van der Waals surface area contributed by atoms with E-state index in [1.165, 1.54) is 11.3 Å². The van der Waals surface area contributed by atoms with Crippen LogP contribution in [0.25, 0.3) is 10.2 Å². The molecule has 1 fully saturated rings. The number of rotatable bonds is 1. The Kier molecular flexibility index (Phi) is 3.12. The van der Waals surface area contributed by atoms with Crippen LogP contribution in [0, 0.1) is 0 Å². The summed E-state index contributed by atoms with van der Waals surface area (Å²) in [4.78, 5) is 21.5. The highest BCUT2D eigenvalue weighted by atomic mass is 32.1. The van der Waals surface area contributed by atoms with Gasteiger partial charge in [0.05, 0.1) is 10.4 Å². The van der Waals surface area contributed by atoms with Crippen molar-refractivity contribution in [2.24, 2.45) is 0 Å². The smallest absolute Gasteiger partial charge is 0.266 e. The van der Waals surface area contributed by atoms with Gasteiger partial charge in [-0.3, -0.25) is 9.78 Å². The zero-order chi connectivity index (χ0) is 13.4. The molecule has 100 valence electrons. The van der Waals surface area contributed by atoms with Crippen LogP contribution in [0.2, 0.25) is 0 Å². The fourth-order valence-electron chi connectivity index (χ4n) is 2.26. The van der Waals surface area contributed by atoms with Gasteiger partial charge in [0.25, 0.3) is 5.91 Å². The van der Waals surface area contributed by atoms with E-state index in [0.717, 1.165) is 36.4 Å². The summed E-state index contributed by atoms with van der Waals surface area (Å²) in [5.41, 5.74) is 7.32. The summed E-state index contributed by atoms with van der Waals surface area (Å²) in [6.07, 6.45) is 1.70. The summed E-state index contributed by atoms with van der Waals surface area (Å²) in [7, 11) is 2.07. The summed E-state index contributed by atoms with van der Waals surface area (Å²) in [6, 6.07) is 3.81. The molecule has 2 aromatic rings. The lowest BCUT2D eigenvalue weighted by atomic mass is 10.2. The number of nitrogens with zero attached hydrogens (tertiary/aromatic N) is 3. The molecule has 19 heavy (non-hydrogen) atoms. The van der Waals surface area contributed by atoms with Gasteiger partial charge >= 0.3 is 0 Å². The predicted molar refractivity (Wildman–Crippen MR) is 77.4 cm³/mol. The first-order valence-electron chi connectivity index (χ1n) is 6.27. The number of carbonyl (C=O) groups is 1. The number of carbonyl (C=O) groups excluding carboxylic acids is 1. The maximum absolute atomic E-state index is 12.5. The van der Waals surface area contributed by atoms with Gasteiger partial charge < -0.3 is 15.5 Å². The molecule has 0 radical (unpaired) electrons. The number of amides is 1. The molecule has 0 bridgehead atoms. The van der Waals surface area contributed by atoms with Gasteiger partial charge in [-0.05, 0) is 19.2 Å². The Bertz CT molecular complexity index is 616. The van der Waals surface area contributed by atoms with Crippen LogP contribution >= 0.6 is 11.3 Å². The molecule has 1 amide bonds. The number of fused-ring (bicyclic) bond motifs is 1. The molecule has 3 heterocycles. The number of pyridine rings is 1. The molecule has 2 aromatic heterocycles. The number of anilines is 1. The van der Waals surface area contributed by atoms with Gasteiger partial charge in [0.1, 0.15) is 10.4 Å². The second kappa shape index (κ2) is 4.79. The molecule has 0 aromatic carbocycles. The van der Waals surface area contributed by atoms with E-state index >= 15 is 0 Å². The van der Waals surface area contributed by atoms with E-state index in [1.54, 1.807) is 6.20 Å². The minimum atomic E-state index is 0.0357. The van der Waals surface area contributed by atoms with E-state index in [0.29, 0.717) is 10.6 Å². The van der Waals surface area contributed by atoms with Crippen molar-refractivity contribution in [3.8, 4) is 0 Å². The minimum Gasteiger partial charge on any atom is -0.396 e. The fraction of sp³-hybridized carbons (Fsp3) is 0.385. The highest BCUT2D eigenvalue weighted by molar-refractivity contribution is 7.21. The number of nitrogens with two attached hydrogens (primary N) is 1. The number of nitrogen functional groups attached to an aromatic ring is 1. The number of likely N-dealkylation sites (N-methyl/N-ethyl adjacent to an activating group) is 1. The highest BCUT2D eigenvalue weighted by Crippen LogP contribution is 2.32. The number of hydrogen-bond acceptors (Lipinski definition) is 5. The Hall–Kier alpha value is -1.66. The molecule has 0 saturated carbocycles. The quantitative estimate of drug-likeness (QED) is 0.852. The molecule has 0 atom stereocenters. The van der Waals surface area contributed by atoms with E-state index in [4.69, 9.17) is 5.73 Å². The lowest BCUT2D eigenvalue weighted by molar-refractivity contribution is 0.0670. The third-order valence-corrected chi connectivity index (χ3v) is 4.62. The fourth-order valence-corrected chi connectivity index (χ4v) is 3.31. The van der Waals surface area contributed by atoms with Crippen LogP contribution in [0.15, 0.2) is 18.3 Å². The second-order valence-corrected chi connectivity index (χ2v) is 5.84. The van der Waals surface area contributed by atoms with Crippen LogP contribution in [-0.2, 0) is 0 Å². The topological polar surface area (TPSA) is 62.5 Å². The van der Waals surface area contributed by atoms with E-state index in [2.05, 4.69) is 16.9 Å². The Balaban J connectivity index is 1.91. The SMILES string of the molecule is CN1CCN(C(=O)c2sc3cccnc3c2N)CC1. The zero-order valence-corrected chi connectivity index (χ0v) is 11.6. The summed E-state index contributed by atoms with van der Waals surface area (Å²) in [5, 5.41) is 0. The Morgan fingerprint density at radius 2 is 2.11 bits per heavy atom. The maximum Gasteiger partial charge on any atom is 0.266 e. The van der Waals surface area contributed by atoms with Crippen LogP contribution in [0.1, 0.15) is 9.67 Å². The van der Waals surface area contributed by atoms with Crippen LogP contribution in [-0.4, -0.2) is 53.9 Å². The predicted octanol–water partition coefficient (Wildman–Crippen LogP) is 1.27. The van der Waals surface area contributed by atoms with E-state index in [9.17, 15) is 4.79 Å². The number of thiophene rings is 1. The molecule has 3 rings (SSSR count). The largest absolute Gasteiger partial charge is 0.396 e. The van der Waals surface area contributed by atoms with Crippen molar-refractivity contribution in [1.82, 2.24) is 14.8 Å². The number of piperazine rings is 1. The van der Waals surface area contributed by atoms with Crippen molar-refractivity contribution in [2.45, 2.75) is 0 Å². The molecule has 1 saturated heterocycles. The molecule has 0 unspecified atom stereocenters. The van der Waals surface area contributed by atoms with Crippen molar-refractivity contribution in [3.63, 3.8) is 0 Å². The third kappa shape index (κ3) is 2.17. The monoisotopic (exact) mass is 276 g/mol. The molecule has 0 spiro atoms. The first-order valence-corrected chi connectivity index (χ1v) is 7.09. The molecule has 1 aliphatic heterocycles. The van der Waals surface area contributed by atoms with Crippen molar-refractivity contribution in [1.29, 1.82) is 0 Å². The van der Waals surface area contributed by atoms with Crippen molar-refractivity contribution in [2.75, 3.05) is 39.0 Å². The van der Waals surface area contributed by atoms with E-state index < -0.39 is 0 Å². The highest BCUT2D eigenvalue weighted by Gasteiger charge is 2.24. The average Bonchev–Trinajstić information content (AvgIpc) is 2.77. The zero-order valence-electron chi connectivity index (χ0n) is 10.8. The Morgan fingerprint density at radius 3 is 2.79 bits per heavy atom. The van der Waals surface area contributed by atoms with Gasteiger partial charge in [-0.2, -0.15) is 0 Å². The first kappa shape index (κ1) is 12.4. The minimum absolute atomic E-state index is 0.0357. The standard InChI is InChI=1S/C13H16N4OS/c1-16-5-7-17(8-6-16)13(18)12-10(14)11-9(19-12)3-2-4-15-11/h2-4H,5-8,14H2,1H3. The molecule has 6 heteroatoms. The maximum atomic E-state index is 12.5. The van der Waals surface area contributed by atoms with E-state index in [1.807, 2.05) is 17.0 Å². The summed E-state index contributed by atoms with van der Waals surface area (Å²) in [5.74, 6) is 0.0357. The van der Waals surface area contributed by atoms with Gasteiger partial charge in [-0.25, -0.2) is 0 Å². The first-order chi connectivity index (χ1) is 9.16. The summed E-state index contributed by atoms with van der Waals surface area (Å²) < 4.78 is 0.970. The normalized spacial score (nSPS) is 17.0. The van der Waals surface area contributed by atoms with Gasteiger partial charge in [0.2, 0.25) is 0 Å². The molecule has 5 nitrogen and oxygen atoms in total. The number of hydrogen-bond donors (Lipinski definition) is 1. The van der Waals surface area contributed by atoms with Crippen molar-refractivity contribution in [3.05, 3.63) is 23.2 Å². The lowest BCUT2D eigenvalue weighted by Crippen LogP contribution is -2.47. The number of aromatic nitrogens is 1. The Labute approximate surface area is 115 Å². The van der Waals surface area contributed by atoms with Crippen molar-refractivity contribution < 1.29 is 4.79 Å². The Morgan fingerprint density at radius 1 is 1.37 bits per heavy atom. The van der Waals surface area contributed by atoms with Gasteiger partial charge in [-0.15, -0.1) is 11.3 Å². The molecular formula is C13H16N4OS. The van der Waals surface area contributed by atoms with Gasteiger partial charge in [0.15, 0.2) is 0 Å². The lowest BCUT2D eigenvalue weighted by Gasteiger charge is -2.32. The summed E-state index contributed by atoms with van der Waals surface area (Å²) >= 11 is 1.43. The van der Waals surface area contributed by atoms with Crippen LogP contribution in [0.3, 0.4) is 0 Å².